The van der Waals surface area contributed by atoms with E-state index < -0.39 is 0 Å². The standard InChI is InChI=1S/C16H20N4O3/c1-11-3-4-12(9-18-11)23-14-10-22-8-6-13(14)19-16-17-7-5-15(20-16)21-2/h3-5,7,9,13-14H,6,8,10H2,1-2H3,(H,17,19,20)/t13-,14+/m1/s1. The number of pyridine rings is 1. The Balaban J connectivity index is 1.69. The summed E-state index contributed by atoms with van der Waals surface area (Å²) in [5.74, 6) is 1.77. The lowest BCUT2D eigenvalue weighted by atomic mass is 10.1. The van der Waals surface area contributed by atoms with Crippen molar-refractivity contribution < 1.29 is 14.2 Å². The van der Waals surface area contributed by atoms with Gasteiger partial charge in [-0.2, -0.15) is 4.98 Å². The molecule has 0 aromatic carbocycles. The van der Waals surface area contributed by atoms with Crippen LogP contribution < -0.4 is 14.8 Å². The zero-order chi connectivity index (χ0) is 16.1. The lowest BCUT2D eigenvalue weighted by Crippen LogP contribution is -2.45. The molecule has 1 aliphatic heterocycles. The molecule has 0 saturated carbocycles. The summed E-state index contributed by atoms with van der Waals surface area (Å²) in [7, 11) is 1.58. The molecule has 23 heavy (non-hydrogen) atoms. The van der Waals surface area contributed by atoms with Gasteiger partial charge in [-0.1, -0.05) is 0 Å². The Hall–Kier alpha value is -2.41. The Labute approximate surface area is 135 Å². The first kappa shape index (κ1) is 15.5. The molecule has 2 atom stereocenters. The van der Waals surface area contributed by atoms with E-state index in [1.54, 1.807) is 25.6 Å². The van der Waals surface area contributed by atoms with Gasteiger partial charge < -0.3 is 19.5 Å². The summed E-state index contributed by atoms with van der Waals surface area (Å²) in [6.45, 7) is 3.13. The fourth-order valence-corrected chi connectivity index (χ4v) is 2.38. The predicted octanol–water partition coefficient (Wildman–Crippen LogP) is 1.84. The van der Waals surface area contributed by atoms with E-state index in [0.29, 0.717) is 25.0 Å². The maximum atomic E-state index is 6.01. The Morgan fingerprint density at radius 2 is 2.17 bits per heavy atom. The van der Waals surface area contributed by atoms with Crippen LogP contribution in [-0.2, 0) is 4.74 Å². The predicted molar refractivity (Wildman–Crippen MR) is 84.8 cm³/mol. The zero-order valence-electron chi connectivity index (χ0n) is 13.2. The molecule has 3 rings (SSSR count). The van der Waals surface area contributed by atoms with Gasteiger partial charge in [0, 0.05) is 24.6 Å². The minimum atomic E-state index is -0.136. The van der Waals surface area contributed by atoms with Crippen molar-refractivity contribution in [1.82, 2.24) is 15.0 Å². The van der Waals surface area contributed by atoms with Crippen LogP contribution in [0.2, 0.25) is 0 Å². The van der Waals surface area contributed by atoms with Gasteiger partial charge in [-0.25, -0.2) is 4.98 Å². The summed E-state index contributed by atoms with van der Waals surface area (Å²) >= 11 is 0. The van der Waals surface area contributed by atoms with E-state index in [1.165, 1.54) is 0 Å². The lowest BCUT2D eigenvalue weighted by molar-refractivity contribution is -0.000868. The number of hydrogen-bond donors (Lipinski definition) is 1. The third-order valence-electron chi connectivity index (χ3n) is 3.63. The van der Waals surface area contributed by atoms with Crippen LogP contribution >= 0.6 is 0 Å². The summed E-state index contributed by atoms with van der Waals surface area (Å²) in [5.41, 5.74) is 0.955. The van der Waals surface area contributed by atoms with Gasteiger partial charge in [-0.15, -0.1) is 0 Å². The summed E-state index contributed by atoms with van der Waals surface area (Å²) in [6.07, 6.45) is 4.06. The highest BCUT2D eigenvalue weighted by Crippen LogP contribution is 2.20. The number of methoxy groups -OCH3 is 1. The van der Waals surface area contributed by atoms with Crippen LogP contribution in [0.4, 0.5) is 5.95 Å². The second-order valence-corrected chi connectivity index (χ2v) is 5.33. The number of nitrogens with zero attached hydrogens (tertiary/aromatic N) is 3. The SMILES string of the molecule is COc1ccnc(N[C@@H]2CCOC[C@@H]2Oc2ccc(C)nc2)n1. The molecule has 7 nitrogen and oxygen atoms in total. The van der Waals surface area contributed by atoms with Crippen LogP contribution in [0.15, 0.2) is 30.6 Å². The molecule has 1 fully saturated rings. The highest BCUT2D eigenvalue weighted by atomic mass is 16.5. The Kier molecular flexibility index (Phi) is 4.87. The second-order valence-electron chi connectivity index (χ2n) is 5.33. The molecular formula is C16H20N4O3. The van der Waals surface area contributed by atoms with E-state index in [0.717, 1.165) is 17.9 Å². The third-order valence-corrected chi connectivity index (χ3v) is 3.63. The third kappa shape index (κ3) is 4.07. The highest BCUT2D eigenvalue weighted by molar-refractivity contribution is 5.30. The van der Waals surface area contributed by atoms with Gasteiger partial charge in [0.15, 0.2) is 0 Å². The zero-order valence-corrected chi connectivity index (χ0v) is 13.2. The van der Waals surface area contributed by atoms with Crippen LogP contribution in [0.1, 0.15) is 12.1 Å². The second kappa shape index (κ2) is 7.23. The van der Waals surface area contributed by atoms with Crippen LogP contribution in [0, 0.1) is 6.92 Å². The molecule has 0 spiro atoms. The fourth-order valence-electron chi connectivity index (χ4n) is 2.38. The number of anilines is 1. The maximum Gasteiger partial charge on any atom is 0.226 e. The molecular weight excluding hydrogens is 296 g/mol. The molecule has 0 bridgehead atoms. The minimum Gasteiger partial charge on any atom is -0.484 e. The number of nitrogens with one attached hydrogen (secondary N) is 1. The molecule has 1 saturated heterocycles. The van der Waals surface area contributed by atoms with Crippen molar-refractivity contribution >= 4 is 5.95 Å². The molecule has 2 aromatic heterocycles. The molecule has 0 unspecified atom stereocenters. The molecule has 0 radical (unpaired) electrons. The van der Waals surface area contributed by atoms with Crippen molar-refractivity contribution in [2.24, 2.45) is 0 Å². The molecule has 2 aromatic rings. The van der Waals surface area contributed by atoms with Gasteiger partial charge in [0.1, 0.15) is 11.9 Å². The van der Waals surface area contributed by atoms with Crippen LogP contribution in [-0.4, -0.2) is 47.4 Å². The number of aromatic nitrogens is 3. The summed E-state index contributed by atoms with van der Waals surface area (Å²) in [4.78, 5) is 12.8. The number of ether oxygens (including phenoxy) is 3. The topological polar surface area (TPSA) is 78.4 Å². The van der Waals surface area contributed by atoms with E-state index in [2.05, 4.69) is 20.3 Å². The summed E-state index contributed by atoms with van der Waals surface area (Å²) in [5, 5.41) is 3.31. The van der Waals surface area contributed by atoms with Crippen molar-refractivity contribution in [3.63, 3.8) is 0 Å². The van der Waals surface area contributed by atoms with Crippen molar-refractivity contribution in [3.05, 3.63) is 36.3 Å². The van der Waals surface area contributed by atoms with Crippen molar-refractivity contribution in [3.8, 4) is 11.6 Å². The number of hydrogen-bond acceptors (Lipinski definition) is 7. The van der Waals surface area contributed by atoms with Gasteiger partial charge in [-0.3, -0.25) is 4.98 Å². The molecule has 0 amide bonds. The van der Waals surface area contributed by atoms with Gasteiger partial charge in [0.05, 0.1) is 26.0 Å². The van der Waals surface area contributed by atoms with Crippen LogP contribution in [0.5, 0.6) is 11.6 Å². The van der Waals surface area contributed by atoms with Crippen molar-refractivity contribution in [2.45, 2.75) is 25.5 Å². The highest BCUT2D eigenvalue weighted by Gasteiger charge is 2.28. The fraction of sp³-hybridized carbons (Fsp3) is 0.438. The first-order valence-electron chi connectivity index (χ1n) is 7.55. The Morgan fingerprint density at radius 3 is 2.96 bits per heavy atom. The maximum absolute atomic E-state index is 6.01. The molecule has 1 N–H and O–H groups in total. The lowest BCUT2D eigenvalue weighted by Gasteiger charge is -2.32. The van der Waals surface area contributed by atoms with Gasteiger partial charge in [-0.05, 0) is 25.5 Å². The van der Waals surface area contributed by atoms with E-state index in [9.17, 15) is 0 Å². The largest absolute Gasteiger partial charge is 0.484 e. The quantitative estimate of drug-likeness (QED) is 0.901. The van der Waals surface area contributed by atoms with Gasteiger partial charge in [0.25, 0.3) is 0 Å². The van der Waals surface area contributed by atoms with Gasteiger partial charge in [0.2, 0.25) is 11.8 Å². The molecule has 3 heterocycles. The number of rotatable bonds is 5. The van der Waals surface area contributed by atoms with Crippen molar-refractivity contribution in [2.75, 3.05) is 25.6 Å². The van der Waals surface area contributed by atoms with Gasteiger partial charge >= 0.3 is 0 Å². The molecule has 0 aliphatic carbocycles. The molecule has 7 heteroatoms. The summed E-state index contributed by atoms with van der Waals surface area (Å²) in [6, 6.07) is 5.60. The first-order chi connectivity index (χ1) is 11.2. The average molecular weight is 316 g/mol. The minimum absolute atomic E-state index is 0.0529. The van der Waals surface area contributed by atoms with Crippen molar-refractivity contribution in [1.29, 1.82) is 0 Å². The summed E-state index contributed by atoms with van der Waals surface area (Å²) < 4.78 is 16.7. The average Bonchev–Trinajstić information content (AvgIpc) is 2.59. The smallest absolute Gasteiger partial charge is 0.226 e. The molecule has 122 valence electrons. The Morgan fingerprint density at radius 1 is 1.26 bits per heavy atom. The monoisotopic (exact) mass is 316 g/mol. The van der Waals surface area contributed by atoms with Crippen LogP contribution in [0.3, 0.4) is 0 Å². The van der Waals surface area contributed by atoms with E-state index in [4.69, 9.17) is 14.2 Å². The molecule has 1 aliphatic rings. The number of aryl methyl sites for hydroxylation is 1. The Bertz CT molecular complexity index is 635. The van der Waals surface area contributed by atoms with E-state index >= 15 is 0 Å². The van der Waals surface area contributed by atoms with Crippen LogP contribution in [0.25, 0.3) is 0 Å². The van der Waals surface area contributed by atoms with E-state index in [1.807, 2.05) is 19.1 Å². The van der Waals surface area contributed by atoms with E-state index in [-0.39, 0.29) is 12.1 Å². The normalized spacial score (nSPS) is 20.8. The first-order valence-corrected chi connectivity index (χ1v) is 7.55.